The first-order chi connectivity index (χ1) is 10.6. The lowest BCUT2D eigenvalue weighted by molar-refractivity contribution is 0.237. The van der Waals surface area contributed by atoms with E-state index < -0.39 is 0 Å². The van der Waals surface area contributed by atoms with Crippen LogP contribution in [0.5, 0.6) is 0 Å². The summed E-state index contributed by atoms with van der Waals surface area (Å²) in [6, 6.07) is 2.67. The van der Waals surface area contributed by atoms with Crippen LogP contribution < -0.4 is 10.6 Å². The summed E-state index contributed by atoms with van der Waals surface area (Å²) in [5.41, 5.74) is 1.39. The van der Waals surface area contributed by atoms with Crippen LogP contribution in [0.2, 0.25) is 0 Å². The van der Waals surface area contributed by atoms with Crippen LogP contribution in [-0.2, 0) is 0 Å². The predicted octanol–water partition coefficient (Wildman–Crippen LogP) is 3.14. The minimum absolute atomic E-state index is 0.472. The zero-order valence-corrected chi connectivity index (χ0v) is 15.5. The van der Waals surface area contributed by atoms with E-state index in [1.54, 1.807) is 11.3 Å². The van der Waals surface area contributed by atoms with Crippen molar-refractivity contribution in [3.63, 3.8) is 0 Å². The Labute approximate surface area is 140 Å². The quantitative estimate of drug-likeness (QED) is 0.541. The van der Waals surface area contributed by atoms with Crippen molar-refractivity contribution in [2.45, 2.75) is 46.6 Å². The van der Waals surface area contributed by atoms with Crippen molar-refractivity contribution in [1.29, 1.82) is 0 Å². The molecule has 1 heterocycles. The first kappa shape index (κ1) is 19.0. The van der Waals surface area contributed by atoms with Gasteiger partial charge in [0.2, 0.25) is 0 Å². The molecular weight excluding hydrogens is 292 g/mol. The molecule has 0 aliphatic rings. The van der Waals surface area contributed by atoms with E-state index in [2.05, 4.69) is 67.0 Å². The summed E-state index contributed by atoms with van der Waals surface area (Å²) in [6.45, 7) is 15.8. The minimum atomic E-state index is 0.472. The lowest BCUT2D eigenvalue weighted by Gasteiger charge is -2.25. The zero-order chi connectivity index (χ0) is 16.4. The molecule has 5 heteroatoms. The average Bonchev–Trinajstić information content (AvgIpc) is 3.05. The Balaban J connectivity index is 2.51. The molecule has 126 valence electrons. The number of thiophene rings is 1. The van der Waals surface area contributed by atoms with Crippen molar-refractivity contribution in [2.75, 3.05) is 32.7 Å². The van der Waals surface area contributed by atoms with Gasteiger partial charge in [0.1, 0.15) is 0 Å². The van der Waals surface area contributed by atoms with Gasteiger partial charge in [0.05, 0.1) is 6.54 Å². The van der Waals surface area contributed by atoms with Gasteiger partial charge in [0.25, 0.3) is 0 Å². The molecule has 0 saturated heterocycles. The SMILES string of the molecule is CCNC(=NCC(C)N(CC)CC)NCC(C)c1ccsc1. The number of aliphatic imine (C=N–C) groups is 1. The summed E-state index contributed by atoms with van der Waals surface area (Å²) >= 11 is 1.76. The van der Waals surface area contributed by atoms with E-state index in [9.17, 15) is 0 Å². The van der Waals surface area contributed by atoms with Crippen LogP contribution in [0.3, 0.4) is 0 Å². The molecule has 1 aromatic rings. The second-order valence-corrected chi connectivity index (χ2v) is 6.41. The maximum atomic E-state index is 4.74. The molecule has 0 bridgehead atoms. The predicted molar refractivity (Wildman–Crippen MR) is 99.1 cm³/mol. The van der Waals surface area contributed by atoms with Gasteiger partial charge in [-0.15, -0.1) is 0 Å². The van der Waals surface area contributed by atoms with Gasteiger partial charge in [-0.1, -0.05) is 20.8 Å². The highest BCUT2D eigenvalue weighted by Crippen LogP contribution is 2.16. The lowest BCUT2D eigenvalue weighted by Crippen LogP contribution is -2.41. The summed E-state index contributed by atoms with van der Waals surface area (Å²) in [5.74, 6) is 1.42. The minimum Gasteiger partial charge on any atom is -0.357 e. The fraction of sp³-hybridized carbons (Fsp3) is 0.706. The number of nitrogens with zero attached hydrogens (tertiary/aromatic N) is 2. The molecule has 0 aliphatic heterocycles. The molecule has 0 saturated carbocycles. The summed E-state index contributed by atoms with van der Waals surface area (Å²) in [4.78, 5) is 7.17. The molecule has 1 rings (SSSR count). The van der Waals surface area contributed by atoms with Gasteiger partial charge in [-0.25, -0.2) is 0 Å². The summed E-state index contributed by atoms with van der Waals surface area (Å²) in [6.07, 6.45) is 0. The van der Waals surface area contributed by atoms with Crippen molar-refractivity contribution in [3.8, 4) is 0 Å². The lowest BCUT2D eigenvalue weighted by atomic mass is 10.1. The second kappa shape index (κ2) is 10.6. The number of rotatable bonds is 9. The number of nitrogens with one attached hydrogen (secondary N) is 2. The number of hydrogen-bond donors (Lipinski definition) is 2. The molecule has 0 fully saturated rings. The highest BCUT2D eigenvalue weighted by atomic mass is 32.1. The molecule has 2 unspecified atom stereocenters. The molecule has 0 amide bonds. The highest BCUT2D eigenvalue weighted by molar-refractivity contribution is 7.07. The van der Waals surface area contributed by atoms with Gasteiger partial charge in [-0.2, -0.15) is 11.3 Å². The van der Waals surface area contributed by atoms with E-state index in [0.29, 0.717) is 12.0 Å². The fourth-order valence-corrected chi connectivity index (χ4v) is 3.23. The summed E-state index contributed by atoms with van der Waals surface area (Å²) in [7, 11) is 0. The topological polar surface area (TPSA) is 39.7 Å². The van der Waals surface area contributed by atoms with Gasteiger partial charge in [-0.3, -0.25) is 9.89 Å². The van der Waals surface area contributed by atoms with E-state index in [4.69, 9.17) is 4.99 Å². The molecule has 4 nitrogen and oxygen atoms in total. The van der Waals surface area contributed by atoms with Crippen LogP contribution in [0.15, 0.2) is 21.8 Å². The van der Waals surface area contributed by atoms with Crippen molar-refractivity contribution < 1.29 is 0 Å². The van der Waals surface area contributed by atoms with E-state index in [-0.39, 0.29) is 0 Å². The highest BCUT2D eigenvalue weighted by Gasteiger charge is 2.10. The Morgan fingerprint density at radius 2 is 1.95 bits per heavy atom. The first-order valence-electron chi connectivity index (χ1n) is 8.40. The Kier molecular flexibility index (Phi) is 9.16. The maximum absolute atomic E-state index is 4.74. The van der Waals surface area contributed by atoms with Crippen LogP contribution >= 0.6 is 11.3 Å². The maximum Gasteiger partial charge on any atom is 0.191 e. The number of guanidine groups is 1. The van der Waals surface area contributed by atoms with E-state index in [1.807, 2.05) is 0 Å². The second-order valence-electron chi connectivity index (χ2n) is 5.63. The molecule has 2 N–H and O–H groups in total. The largest absolute Gasteiger partial charge is 0.357 e. The van der Waals surface area contributed by atoms with Gasteiger partial charge < -0.3 is 10.6 Å². The smallest absolute Gasteiger partial charge is 0.191 e. The van der Waals surface area contributed by atoms with Crippen molar-refractivity contribution in [3.05, 3.63) is 22.4 Å². The third-order valence-electron chi connectivity index (χ3n) is 3.98. The molecular formula is C17H32N4S. The number of likely N-dealkylation sites (N-methyl/N-ethyl adjacent to an activating group) is 1. The Morgan fingerprint density at radius 1 is 1.23 bits per heavy atom. The Morgan fingerprint density at radius 3 is 2.50 bits per heavy atom. The summed E-state index contributed by atoms with van der Waals surface area (Å²) < 4.78 is 0. The molecule has 0 radical (unpaired) electrons. The van der Waals surface area contributed by atoms with Crippen LogP contribution in [0, 0.1) is 0 Å². The van der Waals surface area contributed by atoms with Gasteiger partial charge >= 0.3 is 0 Å². The molecule has 22 heavy (non-hydrogen) atoms. The molecule has 0 spiro atoms. The van der Waals surface area contributed by atoms with E-state index in [0.717, 1.165) is 38.7 Å². The normalized spacial score (nSPS) is 14.9. The van der Waals surface area contributed by atoms with Crippen LogP contribution in [0.25, 0.3) is 0 Å². The Hall–Kier alpha value is -1.07. The van der Waals surface area contributed by atoms with Gasteiger partial charge in [0.15, 0.2) is 5.96 Å². The molecule has 0 aromatic carbocycles. The summed E-state index contributed by atoms with van der Waals surface area (Å²) in [5, 5.41) is 11.2. The van der Waals surface area contributed by atoms with E-state index >= 15 is 0 Å². The van der Waals surface area contributed by atoms with Crippen molar-refractivity contribution in [1.82, 2.24) is 15.5 Å². The molecule has 0 aliphatic carbocycles. The third kappa shape index (κ3) is 6.36. The first-order valence-corrected chi connectivity index (χ1v) is 9.34. The van der Waals surface area contributed by atoms with Gasteiger partial charge in [0, 0.05) is 19.1 Å². The number of hydrogen-bond acceptors (Lipinski definition) is 3. The zero-order valence-electron chi connectivity index (χ0n) is 14.7. The van der Waals surface area contributed by atoms with Gasteiger partial charge in [-0.05, 0) is 55.2 Å². The Bertz CT molecular complexity index is 412. The van der Waals surface area contributed by atoms with E-state index in [1.165, 1.54) is 5.56 Å². The van der Waals surface area contributed by atoms with Crippen molar-refractivity contribution in [2.24, 2.45) is 4.99 Å². The third-order valence-corrected chi connectivity index (χ3v) is 4.68. The van der Waals surface area contributed by atoms with Crippen LogP contribution in [0.4, 0.5) is 0 Å². The monoisotopic (exact) mass is 324 g/mol. The van der Waals surface area contributed by atoms with Crippen LogP contribution in [0.1, 0.15) is 46.1 Å². The fourth-order valence-electron chi connectivity index (χ4n) is 2.45. The molecule has 2 atom stereocenters. The van der Waals surface area contributed by atoms with Crippen molar-refractivity contribution >= 4 is 17.3 Å². The average molecular weight is 325 g/mol. The van der Waals surface area contributed by atoms with Crippen LogP contribution in [-0.4, -0.2) is 49.6 Å². The molecule has 1 aromatic heterocycles. The standard InChI is InChI=1S/C17H32N4S/c1-6-18-17(20-12-15(5)21(7-2)8-3)19-11-14(4)16-9-10-22-13-16/h9-10,13-15H,6-8,11-12H2,1-5H3,(H2,18,19,20).